The number of aryl methyl sites for hydroxylation is 1. The van der Waals surface area contributed by atoms with E-state index >= 15 is 0 Å². The van der Waals surface area contributed by atoms with E-state index in [0.29, 0.717) is 16.9 Å². The molecule has 30 heavy (non-hydrogen) atoms. The molecule has 5 aromatic rings. The summed E-state index contributed by atoms with van der Waals surface area (Å²) in [4.78, 5) is 13.3. The lowest BCUT2D eigenvalue weighted by Gasteiger charge is -2.15. The van der Waals surface area contributed by atoms with Gasteiger partial charge in [-0.2, -0.15) is 5.26 Å². The smallest absolute Gasteiger partial charge is 0.180 e. The molecule has 0 aliphatic carbocycles. The van der Waals surface area contributed by atoms with Gasteiger partial charge in [-0.15, -0.1) is 0 Å². The molecule has 2 aromatic carbocycles. The van der Waals surface area contributed by atoms with Crippen LogP contribution in [-0.4, -0.2) is 19.4 Å². The number of halogens is 1. The Morgan fingerprint density at radius 1 is 1.03 bits per heavy atom. The van der Waals surface area contributed by atoms with Crippen LogP contribution >= 0.6 is 0 Å². The number of anilines is 1. The third kappa shape index (κ3) is 2.66. The minimum absolute atomic E-state index is 0.0527. The van der Waals surface area contributed by atoms with Crippen molar-refractivity contribution < 1.29 is 4.39 Å². The largest absolute Gasteiger partial charge is 0.381 e. The zero-order valence-corrected chi connectivity index (χ0v) is 16.0. The Balaban J connectivity index is 1.87. The lowest BCUT2D eigenvalue weighted by Crippen LogP contribution is -2.04. The van der Waals surface area contributed by atoms with Gasteiger partial charge in [0.25, 0.3) is 0 Å². The molecular weight excluding hydrogens is 379 g/mol. The van der Waals surface area contributed by atoms with Crippen molar-refractivity contribution in [3.63, 3.8) is 0 Å². The van der Waals surface area contributed by atoms with Gasteiger partial charge in [-0.3, -0.25) is 9.38 Å². The number of hydrogen-bond donors (Lipinski definition) is 1. The molecule has 144 valence electrons. The number of benzene rings is 2. The number of rotatable bonds is 2. The third-order valence-corrected chi connectivity index (χ3v) is 5.16. The zero-order valence-electron chi connectivity index (χ0n) is 16.0. The Morgan fingerprint density at radius 3 is 2.70 bits per heavy atom. The first-order valence-corrected chi connectivity index (χ1v) is 9.25. The van der Waals surface area contributed by atoms with E-state index in [-0.39, 0.29) is 11.4 Å². The highest BCUT2D eigenvalue weighted by atomic mass is 19.1. The van der Waals surface area contributed by atoms with Crippen molar-refractivity contribution in [2.24, 2.45) is 0 Å². The molecule has 0 amide bonds. The Labute approximate surface area is 171 Å². The minimum Gasteiger partial charge on any atom is -0.381 e. The normalized spacial score (nSPS) is 11.1. The molecule has 2 N–H and O–H groups in total. The first kappa shape index (κ1) is 17.8. The zero-order chi connectivity index (χ0) is 20.8. The molecule has 5 rings (SSSR count). The number of imidazole rings is 1. The predicted molar refractivity (Wildman–Crippen MR) is 113 cm³/mol. The summed E-state index contributed by atoms with van der Waals surface area (Å²) < 4.78 is 15.8. The minimum atomic E-state index is -0.577. The molecule has 0 bridgehead atoms. The molecule has 0 aliphatic heterocycles. The molecule has 0 aliphatic rings. The lowest BCUT2D eigenvalue weighted by molar-refractivity contribution is 0.624. The lowest BCUT2D eigenvalue weighted by atomic mass is 9.99. The molecular formula is C23H15FN6. The van der Waals surface area contributed by atoms with Crippen LogP contribution < -0.4 is 5.73 Å². The van der Waals surface area contributed by atoms with E-state index in [4.69, 9.17) is 5.73 Å². The highest BCUT2D eigenvalue weighted by molar-refractivity contribution is 5.90. The fourth-order valence-electron chi connectivity index (χ4n) is 3.68. The molecule has 6 nitrogen and oxygen atoms in total. The maximum atomic E-state index is 13.9. The first-order valence-electron chi connectivity index (χ1n) is 9.25. The highest BCUT2D eigenvalue weighted by Gasteiger charge is 2.18. The second-order valence-corrected chi connectivity index (χ2v) is 6.98. The standard InChI is InChI=1S/C23H15FN6/c1-13-6-7-27-19-5-3-15(11-17(13)19)21-20(14-2-4-18(24)16(10-14)12-25)29-22(26)23-28-8-9-30(21)23/h2-11H,1H3,(H2,26,29). The number of aromatic nitrogens is 4. The van der Waals surface area contributed by atoms with Gasteiger partial charge < -0.3 is 5.73 Å². The Kier molecular flexibility index (Phi) is 3.93. The van der Waals surface area contributed by atoms with E-state index in [2.05, 4.69) is 15.0 Å². The van der Waals surface area contributed by atoms with Gasteiger partial charge in [0.1, 0.15) is 11.9 Å². The number of pyridine rings is 1. The first-order chi connectivity index (χ1) is 14.6. The van der Waals surface area contributed by atoms with Crippen LogP contribution in [0.25, 0.3) is 39.1 Å². The maximum absolute atomic E-state index is 13.9. The average Bonchev–Trinajstić information content (AvgIpc) is 3.25. The molecule has 0 spiro atoms. The van der Waals surface area contributed by atoms with Gasteiger partial charge in [-0.05, 0) is 48.9 Å². The molecule has 0 fully saturated rings. The summed E-state index contributed by atoms with van der Waals surface area (Å²) >= 11 is 0. The topological polar surface area (TPSA) is 92.9 Å². The summed E-state index contributed by atoms with van der Waals surface area (Å²) in [7, 11) is 0. The Bertz CT molecular complexity index is 1500. The molecule has 3 heterocycles. The van der Waals surface area contributed by atoms with E-state index in [1.54, 1.807) is 24.7 Å². The van der Waals surface area contributed by atoms with E-state index in [1.165, 1.54) is 12.1 Å². The molecule has 0 atom stereocenters. The molecule has 3 aromatic heterocycles. The summed E-state index contributed by atoms with van der Waals surface area (Å²) in [6.07, 6.45) is 5.24. The summed E-state index contributed by atoms with van der Waals surface area (Å²) in [6.45, 7) is 2.03. The van der Waals surface area contributed by atoms with E-state index in [9.17, 15) is 9.65 Å². The summed E-state index contributed by atoms with van der Waals surface area (Å²) in [5.41, 5.74) is 11.4. The molecule has 7 heteroatoms. The van der Waals surface area contributed by atoms with E-state index in [0.717, 1.165) is 27.7 Å². The van der Waals surface area contributed by atoms with Gasteiger partial charge in [-0.25, -0.2) is 14.4 Å². The van der Waals surface area contributed by atoms with Crippen LogP contribution in [0.15, 0.2) is 61.1 Å². The van der Waals surface area contributed by atoms with Gasteiger partial charge >= 0.3 is 0 Å². The van der Waals surface area contributed by atoms with Crippen molar-refractivity contribution >= 4 is 22.4 Å². The third-order valence-electron chi connectivity index (χ3n) is 5.16. The maximum Gasteiger partial charge on any atom is 0.180 e. The number of nitrogen functional groups attached to an aromatic ring is 1. The quantitative estimate of drug-likeness (QED) is 0.475. The SMILES string of the molecule is Cc1ccnc2ccc(-c3c(-c4ccc(F)c(C#N)c4)nc(N)c4nccn34)cc12. The van der Waals surface area contributed by atoms with Crippen molar-refractivity contribution in [3.05, 3.63) is 78.0 Å². The van der Waals surface area contributed by atoms with Crippen LogP contribution in [0.1, 0.15) is 11.1 Å². The molecule has 0 saturated heterocycles. The fourth-order valence-corrected chi connectivity index (χ4v) is 3.68. The van der Waals surface area contributed by atoms with Crippen molar-refractivity contribution in [3.8, 4) is 28.6 Å². The Morgan fingerprint density at radius 2 is 1.87 bits per heavy atom. The number of nitriles is 1. The van der Waals surface area contributed by atoms with Crippen molar-refractivity contribution in [1.29, 1.82) is 5.26 Å². The van der Waals surface area contributed by atoms with Gasteiger partial charge in [0.15, 0.2) is 11.5 Å². The van der Waals surface area contributed by atoms with Crippen molar-refractivity contribution in [2.75, 3.05) is 5.73 Å². The number of nitrogens with two attached hydrogens (primary N) is 1. The van der Waals surface area contributed by atoms with Crippen LogP contribution in [0, 0.1) is 24.1 Å². The van der Waals surface area contributed by atoms with E-state index in [1.807, 2.05) is 41.7 Å². The molecule has 0 unspecified atom stereocenters. The van der Waals surface area contributed by atoms with Gasteiger partial charge in [0.2, 0.25) is 0 Å². The Hall–Kier alpha value is -4.31. The summed E-state index contributed by atoms with van der Waals surface area (Å²) in [5, 5.41) is 10.3. The van der Waals surface area contributed by atoms with Gasteiger partial charge in [0, 0.05) is 35.1 Å². The van der Waals surface area contributed by atoms with E-state index < -0.39 is 5.82 Å². The second kappa shape index (κ2) is 6.64. The molecule has 0 saturated carbocycles. The van der Waals surface area contributed by atoms with Crippen LogP contribution in [0.5, 0.6) is 0 Å². The predicted octanol–water partition coefficient (Wildman–Crippen LogP) is 4.51. The fraction of sp³-hybridized carbons (Fsp3) is 0.0435. The summed E-state index contributed by atoms with van der Waals surface area (Å²) in [5.74, 6) is -0.327. The monoisotopic (exact) mass is 394 g/mol. The van der Waals surface area contributed by atoms with Crippen LogP contribution in [0.3, 0.4) is 0 Å². The average molecular weight is 394 g/mol. The number of fused-ring (bicyclic) bond motifs is 2. The second-order valence-electron chi connectivity index (χ2n) is 6.98. The summed E-state index contributed by atoms with van der Waals surface area (Å²) in [6, 6.07) is 14.1. The number of nitrogens with zero attached hydrogens (tertiary/aromatic N) is 5. The van der Waals surface area contributed by atoms with Crippen LogP contribution in [0.2, 0.25) is 0 Å². The van der Waals surface area contributed by atoms with Crippen molar-refractivity contribution in [1.82, 2.24) is 19.4 Å². The van der Waals surface area contributed by atoms with Gasteiger partial charge in [0.05, 0.1) is 22.5 Å². The van der Waals surface area contributed by atoms with Crippen LogP contribution in [0.4, 0.5) is 10.2 Å². The highest BCUT2D eigenvalue weighted by Crippen LogP contribution is 2.35. The van der Waals surface area contributed by atoms with Crippen LogP contribution in [-0.2, 0) is 0 Å². The van der Waals surface area contributed by atoms with Gasteiger partial charge in [-0.1, -0.05) is 6.07 Å². The molecule has 0 radical (unpaired) electrons. The van der Waals surface area contributed by atoms with Crippen molar-refractivity contribution in [2.45, 2.75) is 6.92 Å². The number of hydrogen-bond acceptors (Lipinski definition) is 5.